The molecule has 4 heterocycles. The number of aliphatic carboxylic acids is 3. The Morgan fingerprint density at radius 2 is 1.32 bits per heavy atom. The van der Waals surface area contributed by atoms with Gasteiger partial charge < -0.3 is 29.9 Å². The van der Waals surface area contributed by atoms with Crippen LogP contribution in [-0.4, -0.2) is 111 Å². The second-order valence-corrected chi connectivity index (χ2v) is 9.85. The molecule has 0 saturated carbocycles. The van der Waals surface area contributed by atoms with Crippen LogP contribution < -0.4 is 4.90 Å². The Hall–Kier alpha value is -4.27. The van der Waals surface area contributed by atoms with E-state index in [1.807, 2.05) is 42.9 Å². The van der Waals surface area contributed by atoms with Gasteiger partial charge in [0.15, 0.2) is 0 Å². The number of pyridine rings is 1. The van der Waals surface area contributed by atoms with Crippen LogP contribution in [0.5, 0.6) is 0 Å². The molecular weight excluding hydrogens is 665 g/mol. The molecule has 2 aromatic rings. The number of halogens is 9. The third-order valence-electron chi connectivity index (χ3n) is 6.57. The monoisotopic (exact) mass is 695 g/mol. The van der Waals surface area contributed by atoms with Crippen molar-refractivity contribution in [3.63, 3.8) is 0 Å². The third kappa shape index (κ3) is 14.4. The van der Waals surface area contributed by atoms with Crippen LogP contribution in [0.1, 0.15) is 19.0 Å². The lowest BCUT2D eigenvalue weighted by atomic mass is 9.77. The number of carboxylic acids is 3. The molecule has 21 heteroatoms. The maximum Gasteiger partial charge on any atom is 0.490 e. The number of aromatic nitrogens is 3. The Labute approximate surface area is 260 Å². The maximum atomic E-state index is 10.6. The second-order valence-electron chi connectivity index (χ2n) is 9.85. The van der Waals surface area contributed by atoms with E-state index < -0.39 is 36.4 Å². The van der Waals surface area contributed by atoms with Crippen LogP contribution in [0.25, 0.3) is 0 Å². The number of hydrogen-bond donors (Lipinski definition) is 3. The molecule has 0 aliphatic carbocycles. The minimum absolute atomic E-state index is 0.277. The molecule has 4 rings (SSSR count). The number of anilines is 1. The summed E-state index contributed by atoms with van der Waals surface area (Å²) in [6, 6.07) is 7.84. The van der Waals surface area contributed by atoms with E-state index >= 15 is 0 Å². The van der Waals surface area contributed by atoms with E-state index in [2.05, 4.69) is 31.7 Å². The average molecular weight is 696 g/mol. The lowest BCUT2D eigenvalue weighted by Crippen LogP contribution is -2.36. The van der Waals surface area contributed by atoms with E-state index in [1.165, 1.54) is 6.42 Å². The van der Waals surface area contributed by atoms with Crippen molar-refractivity contribution < 1.29 is 74.0 Å². The van der Waals surface area contributed by atoms with E-state index in [0.29, 0.717) is 12.5 Å². The minimum Gasteiger partial charge on any atom is -0.475 e. The van der Waals surface area contributed by atoms with E-state index in [9.17, 15) is 39.5 Å². The molecule has 0 unspecified atom stereocenters. The molecule has 2 atom stereocenters. The number of carboxylic acid groups (broad SMARTS) is 3. The molecule has 3 N–H and O–H groups in total. The Morgan fingerprint density at radius 1 is 0.830 bits per heavy atom. The molecule has 0 bridgehead atoms. The van der Waals surface area contributed by atoms with Gasteiger partial charge in [-0.25, -0.2) is 24.4 Å². The summed E-state index contributed by atoms with van der Waals surface area (Å²) >= 11 is 0. The van der Waals surface area contributed by atoms with Gasteiger partial charge in [0.05, 0.1) is 18.9 Å². The van der Waals surface area contributed by atoms with Crippen molar-refractivity contribution >= 4 is 23.9 Å². The summed E-state index contributed by atoms with van der Waals surface area (Å²) in [5.41, 5.74) is 1.27. The molecule has 12 nitrogen and oxygen atoms in total. The first-order valence-corrected chi connectivity index (χ1v) is 13.2. The number of likely N-dealkylation sites (tertiary alicyclic amines) is 1. The number of alkyl halides is 9. The molecule has 0 aromatic carbocycles. The zero-order valence-corrected chi connectivity index (χ0v) is 24.4. The van der Waals surface area contributed by atoms with Crippen LogP contribution in [0.15, 0.2) is 42.9 Å². The van der Waals surface area contributed by atoms with Crippen molar-refractivity contribution in [2.45, 2.75) is 38.5 Å². The Bertz CT molecular complexity index is 1210. The van der Waals surface area contributed by atoms with Crippen molar-refractivity contribution in [3.05, 3.63) is 48.5 Å². The highest BCUT2D eigenvalue weighted by atomic mass is 19.4. The lowest BCUT2D eigenvalue weighted by molar-refractivity contribution is -0.193. The SMILES string of the molecule is CCN1C[C@H](COCc2ccccn2)[C@]2(CCN(c3ncccn3)C2)C1.O=C(O)C(F)(F)F.O=C(O)C(F)(F)F.O=C(O)C(F)(F)F. The van der Waals surface area contributed by atoms with Crippen LogP contribution in [0.3, 0.4) is 0 Å². The fourth-order valence-electron chi connectivity index (χ4n) is 4.39. The molecule has 2 fully saturated rings. The second kappa shape index (κ2) is 17.6. The predicted molar refractivity (Wildman–Crippen MR) is 142 cm³/mol. The van der Waals surface area contributed by atoms with Gasteiger partial charge in [-0.2, -0.15) is 39.5 Å². The summed E-state index contributed by atoms with van der Waals surface area (Å²) < 4.78 is 101. The fourth-order valence-corrected chi connectivity index (χ4v) is 4.39. The van der Waals surface area contributed by atoms with Crippen LogP contribution in [0.2, 0.25) is 0 Å². The van der Waals surface area contributed by atoms with Crippen molar-refractivity contribution in [1.29, 1.82) is 0 Å². The van der Waals surface area contributed by atoms with Gasteiger partial charge in [-0.1, -0.05) is 13.0 Å². The summed E-state index contributed by atoms with van der Waals surface area (Å²) in [4.78, 5) is 44.8. The molecule has 2 aliphatic rings. The van der Waals surface area contributed by atoms with Crippen LogP contribution in [0.4, 0.5) is 45.5 Å². The third-order valence-corrected chi connectivity index (χ3v) is 6.57. The molecule has 0 amide bonds. The predicted octanol–water partition coefficient (Wildman–Crippen LogP) is 4.14. The zero-order chi connectivity index (χ0) is 36.1. The van der Waals surface area contributed by atoms with Gasteiger partial charge in [-0.05, 0) is 31.2 Å². The Morgan fingerprint density at radius 3 is 1.74 bits per heavy atom. The largest absolute Gasteiger partial charge is 0.490 e. The number of rotatable bonds is 6. The van der Waals surface area contributed by atoms with Gasteiger partial charge in [-0.3, -0.25) is 4.98 Å². The molecular formula is C26H30F9N5O7. The molecule has 0 radical (unpaired) electrons. The summed E-state index contributed by atoms with van der Waals surface area (Å²) in [5, 5.41) is 21.4. The van der Waals surface area contributed by atoms with Gasteiger partial charge in [-0.15, -0.1) is 0 Å². The molecule has 2 saturated heterocycles. The maximum absolute atomic E-state index is 10.6. The summed E-state index contributed by atoms with van der Waals surface area (Å²) in [7, 11) is 0. The summed E-state index contributed by atoms with van der Waals surface area (Å²) in [5.74, 6) is -6.88. The van der Waals surface area contributed by atoms with Crippen LogP contribution in [0, 0.1) is 11.3 Å². The Kier molecular flexibility index (Phi) is 15.3. The highest BCUT2D eigenvalue weighted by Gasteiger charge is 2.50. The molecule has 2 aliphatic heterocycles. The van der Waals surface area contributed by atoms with E-state index in [1.54, 1.807) is 0 Å². The average Bonchev–Trinajstić information content (AvgIpc) is 3.57. The zero-order valence-electron chi connectivity index (χ0n) is 24.4. The first-order chi connectivity index (χ1) is 21.6. The topological polar surface area (TPSA) is 166 Å². The van der Waals surface area contributed by atoms with Crippen LogP contribution in [-0.2, 0) is 25.7 Å². The molecule has 2 aromatic heterocycles. The first kappa shape index (κ1) is 40.8. The van der Waals surface area contributed by atoms with Crippen molar-refractivity contribution in [3.8, 4) is 0 Å². The smallest absolute Gasteiger partial charge is 0.475 e. The minimum atomic E-state index is -5.08. The van der Waals surface area contributed by atoms with E-state index in [0.717, 1.165) is 51.0 Å². The number of ether oxygens (including phenoxy) is 1. The normalized spacial score (nSPS) is 19.4. The van der Waals surface area contributed by atoms with Gasteiger partial charge in [0.1, 0.15) is 0 Å². The Balaban J connectivity index is 0.000000430. The fraction of sp³-hybridized carbons (Fsp3) is 0.538. The van der Waals surface area contributed by atoms with Gasteiger partial charge in [0, 0.05) is 56.1 Å². The lowest BCUT2D eigenvalue weighted by Gasteiger charge is -2.30. The summed E-state index contributed by atoms with van der Waals surface area (Å²) in [6.07, 6.45) is -8.59. The van der Waals surface area contributed by atoms with Gasteiger partial charge in [0.25, 0.3) is 0 Å². The molecule has 264 valence electrons. The number of hydrogen-bond acceptors (Lipinski definition) is 9. The molecule has 1 spiro atoms. The highest BCUT2D eigenvalue weighted by Crippen LogP contribution is 2.44. The van der Waals surface area contributed by atoms with Gasteiger partial charge in [0.2, 0.25) is 5.95 Å². The van der Waals surface area contributed by atoms with E-state index in [-0.39, 0.29) is 5.41 Å². The standard InChI is InChI=1S/C20H27N5O.3C2HF3O2/c1-2-24-12-17(13-26-14-18-6-3-4-8-21-18)20(15-24)7-11-25(16-20)19-22-9-5-10-23-19;3*3-2(4,5)1(6)7/h3-6,8-10,17H,2,7,11-16H2,1H3;3*(H,6,7)/t17-,20-;;;/m1.../s1. The van der Waals surface area contributed by atoms with Crippen molar-refractivity contribution in [1.82, 2.24) is 19.9 Å². The van der Waals surface area contributed by atoms with Crippen molar-refractivity contribution in [2.75, 3.05) is 44.2 Å². The number of carbonyl (C=O) groups is 3. The van der Waals surface area contributed by atoms with Gasteiger partial charge >= 0.3 is 36.4 Å². The quantitative estimate of drug-likeness (QED) is 0.371. The summed E-state index contributed by atoms with van der Waals surface area (Å²) in [6.45, 7) is 9.02. The van der Waals surface area contributed by atoms with E-state index in [4.69, 9.17) is 34.4 Å². The first-order valence-electron chi connectivity index (χ1n) is 13.2. The van der Waals surface area contributed by atoms with Crippen LogP contribution >= 0.6 is 0 Å². The highest BCUT2D eigenvalue weighted by molar-refractivity contribution is 5.73. The molecule has 47 heavy (non-hydrogen) atoms. The van der Waals surface area contributed by atoms with Crippen molar-refractivity contribution in [2.24, 2.45) is 11.3 Å². The number of nitrogens with zero attached hydrogens (tertiary/aromatic N) is 5.